The molecule has 1 N–H and O–H groups in total. The van der Waals surface area contributed by atoms with Gasteiger partial charge in [0.2, 0.25) is 0 Å². The molecular weight excluding hydrogens is 449 g/mol. The number of methoxy groups -OCH3 is 1. The van der Waals surface area contributed by atoms with Crippen LogP contribution < -0.4 is 0 Å². The van der Waals surface area contributed by atoms with E-state index in [0.29, 0.717) is 24.1 Å². The number of ether oxygens (including phenoxy) is 2. The average molecular weight is 505 g/mol. The van der Waals surface area contributed by atoms with Crippen molar-refractivity contribution >= 4 is 7.60 Å². The van der Waals surface area contributed by atoms with Crippen LogP contribution in [0.3, 0.4) is 0 Å². The van der Waals surface area contributed by atoms with Crippen LogP contribution in [0.2, 0.25) is 0 Å². The van der Waals surface area contributed by atoms with E-state index in [1.807, 2.05) is 28.1 Å². The normalized spacial score (nSPS) is 16.3. The van der Waals surface area contributed by atoms with Crippen LogP contribution in [0, 0.1) is 0 Å². The van der Waals surface area contributed by atoms with Gasteiger partial charge < -0.3 is 23.4 Å². The van der Waals surface area contributed by atoms with Gasteiger partial charge in [-0.1, -0.05) is 51.0 Å². The Kier molecular flexibility index (Phi) is 20.4. The summed E-state index contributed by atoms with van der Waals surface area (Å²) in [7, 11) is 3.60. The van der Waals surface area contributed by atoms with E-state index in [1.54, 1.807) is 7.11 Å². The first kappa shape index (κ1) is 33.5. The Bertz CT molecular complexity index is 574. The van der Waals surface area contributed by atoms with Crippen molar-refractivity contribution in [2.45, 2.75) is 103 Å². The quantitative estimate of drug-likeness (QED) is 0.0697. The van der Waals surface area contributed by atoms with Gasteiger partial charge in [0.25, 0.3) is 0 Å². The molecule has 0 heterocycles. The van der Waals surface area contributed by atoms with Gasteiger partial charge in [-0.15, -0.1) is 0 Å². The number of nitrogens with zero attached hydrogens (tertiary/aromatic N) is 1. The summed E-state index contributed by atoms with van der Waals surface area (Å²) >= 11 is 0. The van der Waals surface area contributed by atoms with Gasteiger partial charge in [0.05, 0.1) is 34.4 Å². The Morgan fingerprint density at radius 3 is 1.88 bits per heavy atom. The van der Waals surface area contributed by atoms with Crippen molar-refractivity contribution in [2.24, 2.45) is 0 Å². The second-order valence-electron chi connectivity index (χ2n) is 10.0. The zero-order valence-corrected chi connectivity index (χ0v) is 23.9. The fourth-order valence-corrected chi connectivity index (χ4v) is 5.74. The molecule has 0 aromatic heterocycles. The molecule has 34 heavy (non-hydrogen) atoms. The monoisotopic (exact) mass is 504 g/mol. The SMILES string of the molecule is CCC/C=C\CCCC/C=C\CCCCCOC[C@H](COP(=O)(O)C(CCC)[N+](C)(C)C)OC. The van der Waals surface area contributed by atoms with Gasteiger partial charge in [-0.2, -0.15) is 0 Å². The smallest absolute Gasteiger partial charge is 0.379 e. The minimum absolute atomic E-state index is 0.0598. The summed E-state index contributed by atoms with van der Waals surface area (Å²) < 4.78 is 29.8. The van der Waals surface area contributed by atoms with E-state index >= 15 is 0 Å². The van der Waals surface area contributed by atoms with Gasteiger partial charge in [-0.25, -0.2) is 0 Å². The molecule has 2 unspecified atom stereocenters. The molecule has 6 nitrogen and oxygen atoms in total. The predicted molar refractivity (Wildman–Crippen MR) is 144 cm³/mol. The zero-order chi connectivity index (χ0) is 25.7. The fourth-order valence-electron chi connectivity index (χ4n) is 3.73. The molecule has 0 aliphatic carbocycles. The van der Waals surface area contributed by atoms with E-state index in [-0.39, 0.29) is 12.7 Å². The minimum Gasteiger partial charge on any atom is -0.379 e. The lowest BCUT2D eigenvalue weighted by atomic mass is 10.1. The Hall–Kier alpha value is -0.490. The number of quaternary nitrogens is 1. The van der Waals surface area contributed by atoms with Gasteiger partial charge in [0.15, 0.2) is 5.78 Å². The van der Waals surface area contributed by atoms with Gasteiger partial charge in [0, 0.05) is 20.1 Å². The Morgan fingerprint density at radius 2 is 1.38 bits per heavy atom. The topological polar surface area (TPSA) is 65.0 Å². The highest BCUT2D eigenvalue weighted by Gasteiger charge is 2.42. The summed E-state index contributed by atoms with van der Waals surface area (Å²) in [5.74, 6) is -0.447. The van der Waals surface area contributed by atoms with Crippen LogP contribution in [0.1, 0.15) is 90.9 Å². The van der Waals surface area contributed by atoms with Crippen molar-refractivity contribution in [1.29, 1.82) is 0 Å². The molecule has 3 atom stereocenters. The number of hydrogen-bond donors (Lipinski definition) is 1. The number of hydrogen-bond acceptors (Lipinski definition) is 4. The summed E-state index contributed by atoms with van der Waals surface area (Å²) in [6, 6.07) is 0. The highest BCUT2D eigenvalue weighted by molar-refractivity contribution is 7.53. The highest BCUT2D eigenvalue weighted by atomic mass is 31.2. The van der Waals surface area contributed by atoms with Crippen LogP contribution in [-0.2, 0) is 18.6 Å². The van der Waals surface area contributed by atoms with Crippen molar-refractivity contribution in [1.82, 2.24) is 0 Å². The van der Waals surface area contributed by atoms with Gasteiger partial charge in [0.1, 0.15) is 6.10 Å². The second kappa shape index (κ2) is 20.7. The minimum atomic E-state index is -3.76. The molecule has 0 radical (unpaired) electrons. The molecule has 0 amide bonds. The van der Waals surface area contributed by atoms with Crippen LogP contribution in [-0.4, -0.2) is 69.3 Å². The largest absolute Gasteiger partial charge is 0.385 e. The van der Waals surface area contributed by atoms with Crippen molar-refractivity contribution in [3.63, 3.8) is 0 Å². The summed E-state index contributed by atoms with van der Waals surface area (Å²) in [6.45, 7) is 5.32. The second-order valence-corrected chi connectivity index (χ2v) is 12.0. The van der Waals surface area contributed by atoms with Crippen molar-refractivity contribution < 1.29 is 27.9 Å². The van der Waals surface area contributed by atoms with Crippen LogP contribution in [0.25, 0.3) is 0 Å². The standard InChI is InChI=1S/C27H54NO5P/c1-7-9-10-11-12-13-14-15-16-17-18-19-20-21-23-32-24-26(31-6)25-33-34(29,30)27(22-8-2)28(3,4)5/h10-11,16-17,26-27H,7-9,12-15,18-25H2,1-6H3/p+1/b11-10-,17-16-/t26-,27?/m1/s1. The molecule has 0 saturated heterocycles. The summed E-state index contributed by atoms with van der Waals surface area (Å²) in [5.41, 5.74) is 0. The molecule has 0 aliphatic rings. The molecule has 7 heteroatoms. The summed E-state index contributed by atoms with van der Waals surface area (Å²) in [6.07, 6.45) is 22.2. The number of allylic oxidation sites excluding steroid dienone is 4. The lowest BCUT2D eigenvalue weighted by Gasteiger charge is -2.36. The number of unbranched alkanes of at least 4 members (excludes halogenated alkanes) is 7. The molecule has 0 fully saturated rings. The third-order valence-corrected chi connectivity index (χ3v) is 8.06. The Morgan fingerprint density at radius 1 is 0.824 bits per heavy atom. The van der Waals surface area contributed by atoms with Gasteiger partial charge in [-0.3, -0.25) is 4.57 Å². The van der Waals surface area contributed by atoms with E-state index in [2.05, 4.69) is 31.2 Å². The molecule has 0 aliphatic heterocycles. The van der Waals surface area contributed by atoms with Crippen molar-refractivity contribution in [3.05, 3.63) is 24.3 Å². The summed E-state index contributed by atoms with van der Waals surface area (Å²) in [5, 5.41) is 0. The van der Waals surface area contributed by atoms with Crippen molar-refractivity contribution in [3.8, 4) is 0 Å². The first-order valence-electron chi connectivity index (χ1n) is 13.4. The Balaban J connectivity index is 3.88. The maximum atomic E-state index is 12.8. The van der Waals surface area contributed by atoms with Crippen LogP contribution in [0.4, 0.5) is 0 Å². The van der Waals surface area contributed by atoms with E-state index in [4.69, 9.17) is 14.0 Å². The van der Waals surface area contributed by atoms with Gasteiger partial charge >= 0.3 is 7.60 Å². The van der Waals surface area contributed by atoms with E-state index in [9.17, 15) is 9.46 Å². The third kappa shape index (κ3) is 17.9. The highest BCUT2D eigenvalue weighted by Crippen LogP contribution is 2.51. The van der Waals surface area contributed by atoms with E-state index < -0.39 is 13.4 Å². The van der Waals surface area contributed by atoms with E-state index in [1.165, 1.54) is 44.9 Å². The maximum absolute atomic E-state index is 12.8. The van der Waals surface area contributed by atoms with Crippen molar-refractivity contribution in [2.75, 3.05) is 48.1 Å². The third-order valence-electron chi connectivity index (χ3n) is 5.84. The molecule has 202 valence electrons. The average Bonchev–Trinajstić information content (AvgIpc) is 2.78. The van der Waals surface area contributed by atoms with Crippen LogP contribution in [0.5, 0.6) is 0 Å². The molecule has 0 spiro atoms. The van der Waals surface area contributed by atoms with Crippen LogP contribution >= 0.6 is 7.60 Å². The zero-order valence-electron chi connectivity index (χ0n) is 23.0. The lowest BCUT2D eigenvalue weighted by molar-refractivity contribution is -0.883. The molecule has 0 saturated carbocycles. The maximum Gasteiger partial charge on any atom is 0.385 e. The lowest BCUT2D eigenvalue weighted by Crippen LogP contribution is -2.45. The molecule has 0 aromatic carbocycles. The van der Waals surface area contributed by atoms with Gasteiger partial charge in [-0.05, 0) is 57.8 Å². The number of rotatable bonds is 23. The molecule has 0 rings (SSSR count). The molecule has 0 bridgehead atoms. The Labute approximate surface area is 210 Å². The summed E-state index contributed by atoms with van der Waals surface area (Å²) in [4.78, 5) is 10.5. The molecule has 0 aromatic rings. The van der Waals surface area contributed by atoms with E-state index in [0.717, 1.165) is 25.7 Å². The first-order valence-corrected chi connectivity index (χ1v) is 15.0. The first-order chi connectivity index (χ1) is 16.2. The van der Waals surface area contributed by atoms with Crippen LogP contribution in [0.15, 0.2) is 24.3 Å². The fraction of sp³-hybridized carbons (Fsp3) is 0.852. The molecular formula is C27H55NO5P+. The predicted octanol–water partition coefficient (Wildman–Crippen LogP) is 7.09.